The summed E-state index contributed by atoms with van der Waals surface area (Å²) in [5.74, 6) is 0.0577. The quantitative estimate of drug-likeness (QED) is 0.837. The molecule has 1 amide bonds. The van der Waals surface area contributed by atoms with Gasteiger partial charge in [0.2, 0.25) is 5.91 Å². The first-order valence-electron chi connectivity index (χ1n) is 4.57. The molecule has 1 aromatic heterocycles. The summed E-state index contributed by atoms with van der Waals surface area (Å²) in [6.45, 7) is 0. The van der Waals surface area contributed by atoms with Gasteiger partial charge in [-0.2, -0.15) is 0 Å². The minimum absolute atomic E-state index is 0.0238. The van der Waals surface area contributed by atoms with Gasteiger partial charge >= 0.3 is 0 Å². The number of rotatable bonds is 1. The van der Waals surface area contributed by atoms with Gasteiger partial charge in [-0.1, -0.05) is 11.6 Å². The van der Waals surface area contributed by atoms with Crippen LogP contribution < -0.4 is 11.1 Å². The fourth-order valence-electron chi connectivity index (χ4n) is 1.62. The van der Waals surface area contributed by atoms with Crippen LogP contribution in [0.1, 0.15) is 23.8 Å². The van der Waals surface area contributed by atoms with Crippen LogP contribution in [0.3, 0.4) is 0 Å². The molecule has 1 aliphatic rings. The second-order valence-electron chi connectivity index (χ2n) is 3.52. The van der Waals surface area contributed by atoms with Crippen molar-refractivity contribution >= 4 is 44.8 Å². The van der Waals surface area contributed by atoms with Crippen molar-refractivity contribution < 1.29 is 4.79 Å². The van der Waals surface area contributed by atoms with E-state index in [1.807, 2.05) is 6.07 Å². The highest BCUT2D eigenvalue weighted by Crippen LogP contribution is 2.37. The molecule has 1 aromatic rings. The van der Waals surface area contributed by atoms with Crippen molar-refractivity contribution in [2.45, 2.75) is 24.9 Å². The summed E-state index contributed by atoms with van der Waals surface area (Å²) in [6.07, 6.45) is 1.24. The molecular weight excluding hydrogens is 300 g/mol. The minimum atomic E-state index is -0.0972. The van der Waals surface area contributed by atoms with Crippen molar-refractivity contribution in [1.82, 2.24) is 5.32 Å². The molecular formula is C9H10BrClN2OS. The molecule has 3 nitrogen and oxygen atoms in total. The molecule has 0 saturated carbocycles. The lowest BCUT2D eigenvalue weighted by molar-refractivity contribution is -0.123. The van der Waals surface area contributed by atoms with Gasteiger partial charge in [-0.05, 0) is 28.4 Å². The van der Waals surface area contributed by atoms with E-state index in [4.69, 9.17) is 17.3 Å². The number of halogens is 2. The van der Waals surface area contributed by atoms with E-state index in [0.29, 0.717) is 10.8 Å². The highest BCUT2D eigenvalue weighted by molar-refractivity contribution is 9.10. The van der Waals surface area contributed by atoms with E-state index in [2.05, 4.69) is 21.2 Å². The number of nitrogens with one attached hydrogen (secondary N) is 1. The summed E-state index contributed by atoms with van der Waals surface area (Å²) in [4.78, 5) is 12.3. The van der Waals surface area contributed by atoms with Crippen LogP contribution in [-0.2, 0) is 4.79 Å². The maximum Gasteiger partial charge on any atom is 0.220 e. The third-order valence-corrected chi connectivity index (χ3v) is 4.98. The smallest absolute Gasteiger partial charge is 0.220 e. The average molecular weight is 310 g/mol. The second-order valence-corrected chi connectivity index (χ2v) is 6.06. The highest BCUT2D eigenvalue weighted by Gasteiger charge is 2.28. The van der Waals surface area contributed by atoms with Gasteiger partial charge in [0.15, 0.2) is 0 Å². The maximum atomic E-state index is 11.3. The minimum Gasteiger partial charge on any atom is -0.347 e. The van der Waals surface area contributed by atoms with E-state index in [9.17, 15) is 4.79 Å². The van der Waals surface area contributed by atoms with E-state index in [1.54, 1.807) is 0 Å². The lowest BCUT2D eigenvalue weighted by atomic mass is 9.98. The zero-order valence-electron chi connectivity index (χ0n) is 7.80. The molecule has 1 fully saturated rings. The Hall–Kier alpha value is -0.100. The summed E-state index contributed by atoms with van der Waals surface area (Å²) in [6, 6.07) is 1.80. The van der Waals surface area contributed by atoms with Crippen LogP contribution >= 0.6 is 38.9 Å². The number of nitrogens with two attached hydrogens (primary N) is 1. The zero-order valence-corrected chi connectivity index (χ0v) is 11.0. The summed E-state index contributed by atoms with van der Waals surface area (Å²) in [5, 5.41) is 2.89. The number of carbonyl (C=O) groups is 1. The fourth-order valence-corrected chi connectivity index (χ4v) is 3.48. The fraction of sp³-hybridized carbons (Fsp3) is 0.444. The maximum absolute atomic E-state index is 11.3. The Labute approximate surface area is 105 Å². The number of hydrogen-bond donors (Lipinski definition) is 2. The first-order valence-corrected chi connectivity index (χ1v) is 6.56. The predicted octanol–water partition coefficient (Wildman–Crippen LogP) is 2.44. The first-order chi connectivity index (χ1) is 7.08. The van der Waals surface area contributed by atoms with Crippen LogP contribution in [0.15, 0.2) is 10.5 Å². The average Bonchev–Trinajstić information content (AvgIpc) is 2.51. The highest BCUT2D eigenvalue weighted by atomic mass is 79.9. The number of carbonyl (C=O) groups excluding carboxylic acids is 1. The van der Waals surface area contributed by atoms with Crippen LogP contribution in [0.25, 0.3) is 0 Å². The van der Waals surface area contributed by atoms with Crippen LogP contribution in [0.2, 0.25) is 4.34 Å². The summed E-state index contributed by atoms with van der Waals surface area (Å²) in [7, 11) is 0. The van der Waals surface area contributed by atoms with Gasteiger partial charge in [0.1, 0.15) is 4.34 Å². The SMILES string of the molecule is NC1CCC(=O)NC1c1cc(Br)c(Cl)s1. The molecule has 0 spiro atoms. The van der Waals surface area contributed by atoms with Crippen LogP contribution in [0.5, 0.6) is 0 Å². The molecule has 1 saturated heterocycles. The monoisotopic (exact) mass is 308 g/mol. The molecule has 2 unspecified atom stereocenters. The summed E-state index contributed by atoms with van der Waals surface area (Å²) < 4.78 is 1.55. The molecule has 2 heterocycles. The molecule has 2 rings (SSSR count). The van der Waals surface area contributed by atoms with Gasteiger partial charge < -0.3 is 11.1 Å². The molecule has 1 aliphatic heterocycles. The molecule has 2 atom stereocenters. The van der Waals surface area contributed by atoms with Gasteiger partial charge in [0.25, 0.3) is 0 Å². The molecule has 0 bridgehead atoms. The first kappa shape index (κ1) is 11.4. The van der Waals surface area contributed by atoms with Gasteiger partial charge in [-0.15, -0.1) is 11.3 Å². The van der Waals surface area contributed by atoms with Gasteiger partial charge in [0, 0.05) is 21.8 Å². The Bertz CT molecular complexity index is 376. The normalized spacial score (nSPS) is 26.5. The van der Waals surface area contributed by atoms with E-state index >= 15 is 0 Å². The molecule has 15 heavy (non-hydrogen) atoms. The van der Waals surface area contributed by atoms with Crippen LogP contribution in [0, 0.1) is 0 Å². The van der Waals surface area contributed by atoms with E-state index in [-0.39, 0.29) is 18.0 Å². The van der Waals surface area contributed by atoms with Crippen molar-refractivity contribution in [2.75, 3.05) is 0 Å². The number of piperidine rings is 1. The van der Waals surface area contributed by atoms with Gasteiger partial charge in [0.05, 0.1) is 6.04 Å². The Kier molecular flexibility index (Phi) is 3.35. The molecule has 3 N–H and O–H groups in total. The topological polar surface area (TPSA) is 55.1 Å². The molecule has 0 aromatic carbocycles. The number of amides is 1. The standard InChI is InChI=1S/C9H10BrClN2OS/c10-4-3-6(15-9(4)11)8-5(12)1-2-7(14)13-8/h3,5,8H,1-2,12H2,(H,13,14). The Balaban J connectivity index is 2.24. The number of hydrogen-bond acceptors (Lipinski definition) is 3. The van der Waals surface area contributed by atoms with Crippen LogP contribution in [-0.4, -0.2) is 11.9 Å². The predicted molar refractivity (Wildman–Crippen MR) is 65.1 cm³/mol. The van der Waals surface area contributed by atoms with E-state index in [1.165, 1.54) is 11.3 Å². The summed E-state index contributed by atoms with van der Waals surface area (Å²) in [5.41, 5.74) is 5.97. The third kappa shape index (κ3) is 2.36. The van der Waals surface area contributed by atoms with Crippen molar-refractivity contribution in [3.63, 3.8) is 0 Å². The Morgan fingerprint density at radius 1 is 1.67 bits per heavy atom. The van der Waals surface area contributed by atoms with Gasteiger partial charge in [-0.3, -0.25) is 4.79 Å². The molecule has 0 aliphatic carbocycles. The lowest BCUT2D eigenvalue weighted by Gasteiger charge is -2.28. The van der Waals surface area contributed by atoms with Crippen molar-refractivity contribution in [1.29, 1.82) is 0 Å². The lowest BCUT2D eigenvalue weighted by Crippen LogP contribution is -2.45. The largest absolute Gasteiger partial charge is 0.347 e. The van der Waals surface area contributed by atoms with E-state index < -0.39 is 0 Å². The molecule has 82 valence electrons. The third-order valence-electron chi connectivity index (χ3n) is 2.42. The van der Waals surface area contributed by atoms with Gasteiger partial charge in [-0.25, -0.2) is 0 Å². The van der Waals surface area contributed by atoms with Crippen LogP contribution in [0.4, 0.5) is 0 Å². The molecule has 0 radical (unpaired) electrons. The van der Waals surface area contributed by atoms with Crippen molar-refractivity contribution in [3.05, 3.63) is 19.8 Å². The van der Waals surface area contributed by atoms with Crippen molar-refractivity contribution in [3.8, 4) is 0 Å². The number of thiophene rings is 1. The second kappa shape index (κ2) is 4.41. The Morgan fingerprint density at radius 3 is 3.00 bits per heavy atom. The van der Waals surface area contributed by atoms with E-state index in [0.717, 1.165) is 15.8 Å². The Morgan fingerprint density at radius 2 is 2.40 bits per heavy atom. The molecule has 6 heteroatoms. The zero-order chi connectivity index (χ0) is 11.0. The summed E-state index contributed by atoms with van der Waals surface area (Å²) >= 11 is 10.7. The van der Waals surface area contributed by atoms with Crippen molar-refractivity contribution in [2.24, 2.45) is 5.73 Å².